The highest BCUT2D eigenvalue weighted by Crippen LogP contribution is 2.45. The molecule has 88 valence electrons. The molecule has 1 heterocycles. The molecule has 1 aliphatic carbocycles. The van der Waals surface area contributed by atoms with Crippen molar-refractivity contribution in [1.29, 1.82) is 5.26 Å². The van der Waals surface area contributed by atoms with Crippen molar-refractivity contribution in [1.82, 2.24) is 4.98 Å². The van der Waals surface area contributed by atoms with Crippen molar-refractivity contribution in [2.45, 2.75) is 4.32 Å². The molecule has 2 atom stereocenters. The van der Waals surface area contributed by atoms with Crippen LogP contribution in [0.15, 0.2) is 54.8 Å². The molecule has 1 aromatic heterocycles. The van der Waals surface area contributed by atoms with E-state index in [4.69, 9.17) is 0 Å². The van der Waals surface area contributed by atoms with Crippen LogP contribution in [0.4, 0.5) is 0 Å². The van der Waals surface area contributed by atoms with Gasteiger partial charge in [-0.05, 0) is 17.7 Å². The summed E-state index contributed by atoms with van der Waals surface area (Å²) in [7, 11) is 0. The van der Waals surface area contributed by atoms with E-state index in [-0.39, 0.29) is 5.92 Å². The van der Waals surface area contributed by atoms with E-state index < -0.39 is 4.32 Å². The highest BCUT2D eigenvalue weighted by molar-refractivity contribution is 9.09. The number of halogens is 1. The van der Waals surface area contributed by atoms with Gasteiger partial charge in [0, 0.05) is 17.1 Å². The topological polar surface area (TPSA) is 39.6 Å². The van der Waals surface area contributed by atoms with Gasteiger partial charge in [0.1, 0.15) is 0 Å². The predicted molar refractivity (Wildman–Crippen MR) is 76.3 cm³/mol. The van der Waals surface area contributed by atoms with Crippen LogP contribution < -0.4 is 0 Å². The van der Waals surface area contributed by atoms with Crippen LogP contribution in [0.3, 0.4) is 0 Å². The first-order valence-corrected chi connectivity index (χ1v) is 6.56. The lowest BCUT2D eigenvalue weighted by molar-refractivity contribution is 0.671. The lowest BCUT2D eigenvalue weighted by Crippen LogP contribution is -2.26. The van der Waals surface area contributed by atoms with E-state index in [0.29, 0.717) is 0 Å². The van der Waals surface area contributed by atoms with E-state index >= 15 is 0 Å². The number of nitrogens with one attached hydrogen (secondary N) is 1. The van der Waals surface area contributed by atoms with E-state index in [1.165, 1.54) is 0 Å². The van der Waals surface area contributed by atoms with Crippen molar-refractivity contribution in [3.8, 4) is 6.07 Å². The van der Waals surface area contributed by atoms with Gasteiger partial charge in [-0.15, -0.1) is 0 Å². The minimum atomic E-state index is -0.446. The van der Waals surface area contributed by atoms with Gasteiger partial charge in [-0.1, -0.05) is 52.4 Å². The molecule has 0 amide bonds. The number of alkyl halides is 1. The van der Waals surface area contributed by atoms with Gasteiger partial charge in [0.2, 0.25) is 0 Å². The minimum absolute atomic E-state index is 0.206. The molecule has 1 N–H and O–H groups in total. The Kier molecular flexibility index (Phi) is 2.61. The van der Waals surface area contributed by atoms with E-state index in [0.717, 1.165) is 16.5 Å². The Hall–Kier alpha value is -1.79. The maximum atomic E-state index is 9.34. The Labute approximate surface area is 114 Å². The maximum absolute atomic E-state index is 9.34. The van der Waals surface area contributed by atoms with Crippen LogP contribution in [-0.4, -0.2) is 4.98 Å². The van der Waals surface area contributed by atoms with Crippen molar-refractivity contribution in [3.05, 3.63) is 60.3 Å². The first-order valence-electron chi connectivity index (χ1n) is 5.77. The normalized spacial score (nSPS) is 26.3. The lowest BCUT2D eigenvalue weighted by Gasteiger charge is -2.30. The fraction of sp³-hybridized carbons (Fsp3) is 0.133. The molecule has 0 spiro atoms. The van der Waals surface area contributed by atoms with Gasteiger partial charge in [0.25, 0.3) is 0 Å². The second-order valence-corrected chi connectivity index (χ2v) is 5.68. The van der Waals surface area contributed by atoms with Crippen LogP contribution >= 0.6 is 15.9 Å². The molecule has 0 saturated carbocycles. The van der Waals surface area contributed by atoms with Crippen LogP contribution in [0.5, 0.6) is 0 Å². The highest BCUT2D eigenvalue weighted by Gasteiger charge is 2.36. The monoisotopic (exact) mass is 298 g/mol. The minimum Gasteiger partial charge on any atom is -0.361 e. The summed E-state index contributed by atoms with van der Waals surface area (Å²) in [4.78, 5) is 3.20. The summed E-state index contributed by atoms with van der Waals surface area (Å²) < 4.78 is -0.446. The smallest absolute Gasteiger partial charge is 0.0888 e. The third-order valence-corrected chi connectivity index (χ3v) is 4.54. The molecule has 0 fully saturated rings. The highest BCUT2D eigenvalue weighted by atomic mass is 79.9. The fourth-order valence-electron chi connectivity index (χ4n) is 2.43. The van der Waals surface area contributed by atoms with Gasteiger partial charge in [-0.3, -0.25) is 0 Å². The zero-order valence-corrected chi connectivity index (χ0v) is 11.2. The molecule has 1 aliphatic rings. The number of hydrogen-bond donors (Lipinski definition) is 1. The SMILES string of the molecule is N#CC1C=CC=CC1(Br)c1cccc2[nH]ccc12. The first-order chi connectivity index (χ1) is 8.75. The first kappa shape index (κ1) is 11.3. The fourth-order valence-corrected chi connectivity index (χ4v) is 3.18. The zero-order valence-electron chi connectivity index (χ0n) is 9.60. The van der Waals surface area contributed by atoms with Crippen LogP contribution in [0.2, 0.25) is 0 Å². The molecule has 2 unspecified atom stereocenters. The summed E-state index contributed by atoms with van der Waals surface area (Å²) in [6, 6.07) is 10.5. The predicted octanol–water partition coefficient (Wildman–Crippen LogP) is 4.02. The largest absolute Gasteiger partial charge is 0.361 e. The second kappa shape index (κ2) is 4.15. The summed E-state index contributed by atoms with van der Waals surface area (Å²) in [5, 5.41) is 10.5. The molecular weight excluding hydrogens is 288 g/mol. The molecule has 0 bridgehead atoms. The number of H-pyrrole nitrogens is 1. The summed E-state index contributed by atoms with van der Waals surface area (Å²) >= 11 is 3.76. The summed E-state index contributed by atoms with van der Waals surface area (Å²) in [5.74, 6) is -0.206. The molecular formula is C15H11BrN2. The van der Waals surface area contributed by atoms with Crippen molar-refractivity contribution >= 4 is 26.8 Å². The van der Waals surface area contributed by atoms with Gasteiger partial charge < -0.3 is 4.98 Å². The van der Waals surface area contributed by atoms with Gasteiger partial charge in [0.05, 0.1) is 16.3 Å². The number of aromatic nitrogens is 1. The number of aromatic amines is 1. The van der Waals surface area contributed by atoms with Crippen LogP contribution in [-0.2, 0) is 4.32 Å². The number of nitrogens with zero attached hydrogens (tertiary/aromatic N) is 1. The second-order valence-electron chi connectivity index (χ2n) is 4.36. The molecule has 3 heteroatoms. The number of allylic oxidation sites excluding steroid dienone is 4. The van der Waals surface area contributed by atoms with Crippen LogP contribution in [0.25, 0.3) is 10.9 Å². The number of nitriles is 1. The summed E-state index contributed by atoms with van der Waals surface area (Å²) in [6.07, 6.45) is 9.80. The van der Waals surface area contributed by atoms with Crippen molar-refractivity contribution < 1.29 is 0 Å². The van der Waals surface area contributed by atoms with Crippen LogP contribution in [0.1, 0.15) is 5.56 Å². The van der Waals surface area contributed by atoms with E-state index in [2.05, 4.69) is 33.0 Å². The van der Waals surface area contributed by atoms with E-state index in [1.807, 2.05) is 48.7 Å². The van der Waals surface area contributed by atoms with Gasteiger partial charge in [-0.2, -0.15) is 5.26 Å². The Morgan fingerprint density at radius 2 is 2.17 bits per heavy atom. The molecule has 18 heavy (non-hydrogen) atoms. The zero-order chi connectivity index (χ0) is 12.6. The number of hydrogen-bond acceptors (Lipinski definition) is 1. The van der Waals surface area contributed by atoms with Crippen molar-refractivity contribution in [3.63, 3.8) is 0 Å². The number of benzene rings is 1. The van der Waals surface area contributed by atoms with Gasteiger partial charge in [0.15, 0.2) is 0 Å². The molecule has 2 nitrogen and oxygen atoms in total. The summed E-state index contributed by atoms with van der Waals surface area (Å²) in [5.41, 5.74) is 2.21. The van der Waals surface area contributed by atoms with Crippen LogP contribution in [0, 0.1) is 17.2 Å². The number of fused-ring (bicyclic) bond motifs is 1. The summed E-state index contributed by atoms with van der Waals surface area (Å²) in [6.45, 7) is 0. The molecule has 3 rings (SSSR count). The lowest BCUT2D eigenvalue weighted by atomic mass is 9.82. The molecule has 1 aromatic carbocycles. The molecule has 0 radical (unpaired) electrons. The third-order valence-electron chi connectivity index (χ3n) is 3.35. The standard InChI is InChI=1S/C15H11BrN2/c16-15(8-2-1-4-11(15)10-17)13-5-3-6-14-12(13)7-9-18-14/h1-9,11,18H. The van der Waals surface area contributed by atoms with Crippen molar-refractivity contribution in [2.24, 2.45) is 5.92 Å². The average molecular weight is 299 g/mol. The quantitative estimate of drug-likeness (QED) is 0.794. The Morgan fingerprint density at radius 1 is 1.28 bits per heavy atom. The van der Waals surface area contributed by atoms with E-state index in [9.17, 15) is 5.26 Å². The van der Waals surface area contributed by atoms with Gasteiger partial charge >= 0.3 is 0 Å². The molecule has 2 aromatic rings. The Bertz CT molecular complexity index is 690. The van der Waals surface area contributed by atoms with E-state index in [1.54, 1.807) is 0 Å². The Balaban J connectivity index is 2.25. The average Bonchev–Trinajstić information content (AvgIpc) is 2.87. The van der Waals surface area contributed by atoms with Crippen molar-refractivity contribution in [2.75, 3.05) is 0 Å². The third kappa shape index (κ3) is 1.53. The molecule has 0 aliphatic heterocycles. The Morgan fingerprint density at radius 3 is 3.00 bits per heavy atom. The number of rotatable bonds is 1. The maximum Gasteiger partial charge on any atom is 0.0888 e. The molecule has 0 saturated heterocycles. The van der Waals surface area contributed by atoms with Gasteiger partial charge in [-0.25, -0.2) is 0 Å².